The van der Waals surface area contributed by atoms with E-state index >= 15 is 0 Å². The van der Waals surface area contributed by atoms with Crippen LogP contribution in [-0.4, -0.2) is 22.1 Å². The van der Waals surface area contributed by atoms with E-state index in [1.807, 2.05) is 44.2 Å². The summed E-state index contributed by atoms with van der Waals surface area (Å²) in [5.74, 6) is 0.102. The van der Waals surface area contributed by atoms with E-state index in [4.69, 9.17) is 4.74 Å². The molecule has 2 heterocycles. The van der Waals surface area contributed by atoms with E-state index in [1.54, 1.807) is 6.92 Å². The van der Waals surface area contributed by atoms with Gasteiger partial charge in [0.15, 0.2) is 0 Å². The van der Waals surface area contributed by atoms with Crippen LogP contribution in [0.3, 0.4) is 0 Å². The number of rotatable bonds is 5. The molecule has 5 nitrogen and oxygen atoms in total. The van der Waals surface area contributed by atoms with Gasteiger partial charge in [-0.15, -0.1) is 11.3 Å². The molecule has 3 rings (SSSR count). The molecule has 6 heteroatoms. The van der Waals surface area contributed by atoms with Crippen molar-refractivity contribution in [2.75, 3.05) is 6.61 Å². The highest BCUT2D eigenvalue weighted by Gasteiger charge is 2.16. The van der Waals surface area contributed by atoms with Gasteiger partial charge in [-0.2, -0.15) is 0 Å². The summed E-state index contributed by atoms with van der Waals surface area (Å²) in [5.41, 5.74) is 1.86. The Balaban J connectivity index is 1.73. The molecule has 0 aliphatic carbocycles. The maximum atomic E-state index is 12.7. The van der Waals surface area contributed by atoms with Crippen LogP contribution in [0.15, 0.2) is 35.1 Å². The summed E-state index contributed by atoms with van der Waals surface area (Å²) in [4.78, 5) is 31.1. The Morgan fingerprint density at radius 3 is 2.64 bits per heavy atom. The summed E-state index contributed by atoms with van der Waals surface area (Å²) in [7, 11) is 0. The SMILES string of the molecule is Cc1sc2nc(C)n(CC(=O)OCCc3ccccc3)c(=O)c2c1C. The van der Waals surface area contributed by atoms with Crippen LogP contribution in [0.5, 0.6) is 0 Å². The fraction of sp³-hybridized carbons (Fsp3) is 0.316. The average Bonchev–Trinajstić information content (AvgIpc) is 2.86. The van der Waals surface area contributed by atoms with E-state index in [-0.39, 0.29) is 12.1 Å². The fourth-order valence-corrected chi connectivity index (χ4v) is 3.78. The third kappa shape index (κ3) is 3.64. The number of esters is 1. The average molecular weight is 356 g/mol. The van der Waals surface area contributed by atoms with Gasteiger partial charge >= 0.3 is 5.97 Å². The topological polar surface area (TPSA) is 61.2 Å². The third-order valence-corrected chi connectivity index (χ3v) is 5.36. The van der Waals surface area contributed by atoms with Gasteiger partial charge in [-0.25, -0.2) is 4.98 Å². The third-order valence-electron chi connectivity index (χ3n) is 4.26. The number of carbonyl (C=O) groups is 1. The van der Waals surface area contributed by atoms with Crippen molar-refractivity contribution < 1.29 is 9.53 Å². The van der Waals surface area contributed by atoms with Gasteiger partial charge in [0, 0.05) is 11.3 Å². The summed E-state index contributed by atoms with van der Waals surface area (Å²) in [6.45, 7) is 5.80. The molecule has 0 atom stereocenters. The Morgan fingerprint density at radius 1 is 1.20 bits per heavy atom. The number of aryl methyl sites for hydroxylation is 3. The van der Waals surface area contributed by atoms with Crippen molar-refractivity contribution in [3.05, 3.63) is 62.5 Å². The second kappa shape index (κ2) is 7.19. The second-order valence-electron chi connectivity index (χ2n) is 5.97. The van der Waals surface area contributed by atoms with Crippen molar-refractivity contribution in [2.24, 2.45) is 0 Å². The minimum absolute atomic E-state index is 0.114. The van der Waals surface area contributed by atoms with E-state index in [0.717, 1.165) is 20.8 Å². The van der Waals surface area contributed by atoms with Crippen LogP contribution < -0.4 is 5.56 Å². The van der Waals surface area contributed by atoms with Crippen molar-refractivity contribution in [2.45, 2.75) is 33.7 Å². The molecule has 0 fully saturated rings. The Kier molecular flexibility index (Phi) is 4.99. The summed E-state index contributed by atoms with van der Waals surface area (Å²) in [5, 5.41) is 0.602. The molecule has 2 aromatic heterocycles. The van der Waals surface area contributed by atoms with Gasteiger partial charge in [-0.3, -0.25) is 14.2 Å². The lowest BCUT2D eigenvalue weighted by molar-refractivity contribution is -0.144. The summed E-state index contributed by atoms with van der Waals surface area (Å²) in [6, 6.07) is 9.82. The van der Waals surface area contributed by atoms with E-state index in [9.17, 15) is 9.59 Å². The van der Waals surface area contributed by atoms with Crippen molar-refractivity contribution in [3.63, 3.8) is 0 Å². The monoisotopic (exact) mass is 356 g/mol. The zero-order valence-corrected chi connectivity index (χ0v) is 15.4. The predicted molar refractivity (Wildman–Crippen MR) is 99.2 cm³/mol. The first kappa shape index (κ1) is 17.4. The molecule has 0 saturated heterocycles. The van der Waals surface area contributed by atoms with Crippen LogP contribution >= 0.6 is 11.3 Å². The van der Waals surface area contributed by atoms with Crippen LogP contribution in [-0.2, 0) is 22.5 Å². The Bertz CT molecular complexity index is 974. The minimum Gasteiger partial charge on any atom is -0.464 e. The number of aromatic nitrogens is 2. The van der Waals surface area contributed by atoms with Gasteiger partial charge in [0.1, 0.15) is 17.2 Å². The molecule has 0 bridgehead atoms. The highest BCUT2D eigenvalue weighted by Crippen LogP contribution is 2.26. The molecule has 25 heavy (non-hydrogen) atoms. The fourth-order valence-electron chi connectivity index (χ4n) is 2.72. The van der Waals surface area contributed by atoms with Gasteiger partial charge in [0.25, 0.3) is 5.56 Å². The lowest BCUT2D eigenvalue weighted by Crippen LogP contribution is -2.28. The first-order chi connectivity index (χ1) is 12.0. The molecular weight excluding hydrogens is 336 g/mol. The number of ether oxygens (including phenoxy) is 1. The molecule has 3 aromatic rings. The van der Waals surface area contributed by atoms with Crippen LogP contribution in [0.2, 0.25) is 0 Å². The van der Waals surface area contributed by atoms with Crippen LogP contribution in [0.4, 0.5) is 0 Å². The number of hydrogen-bond acceptors (Lipinski definition) is 5. The lowest BCUT2D eigenvalue weighted by Gasteiger charge is -2.10. The van der Waals surface area contributed by atoms with Gasteiger partial charge in [0.05, 0.1) is 12.0 Å². The first-order valence-corrected chi connectivity index (χ1v) is 8.95. The second-order valence-corrected chi connectivity index (χ2v) is 7.17. The first-order valence-electron chi connectivity index (χ1n) is 8.14. The molecule has 0 unspecified atom stereocenters. The van der Waals surface area contributed by atoms with E-state index in [1.165, 1.54) is 15.9 Å². The Morgan fingerprint density at radius 2 is 1.92 bits per heavy atom. The molecule has 0 N–H and O–H groups in total. The van der Waals surface area contributed by atoms with Crippen molar-refractivity contribution in [1.29, 1.82) is 0 Å². The zero-order chi connectivity index (χ0) is 18.0. The number of thiophene rings is 1. The van der Waals surface area contributed by atoms with Gasteiger partial charge in [-0.1, -0.05) is 30.3 Å². The number of benzene rings is 1. The van der Waals surface area contributed by atoms with Crippen molar-refractivity contribution in [3.8, 4) is 0 Å². The standard InChI is InChI=1S/C19H20N2O3S/c1-12-13(2)25-18-17(12)19(23)21(14(3)20-18)11-16(22)24-10-9-15-7-5-4-6-8-15/h4-8H,9-11H2,1-3H3. The molecule has 0 saturated carbocycles. The summed E-state index contributed by atoms with van der Waals surface area (Å²) in [6.07, 6.45) is 0.653. The molecule has 0 spiro atoms. The highest BCUT2D eigenvalue weighted by molar-refractivity contribution is 7.18. The largest absolute Gasteiger partial charge is 0.464 e. The van der Waals surface area contributed by atoms with Crippen LogP contribution in [0, 0.1) is 20.8 Å². The minimum atomic E-state index is -0.424. The van der Waals surface area contributed by atoms with Gasteiger partial charge in [0.2, 0.25) is 0 Å². The number of carbonyl (C=O) groups excluding carboxylic acids is 1. The van der Waals surface area contributed by atoms with Gasteiger partial charge < -0.3 is 4.74 Å². The molecule has 0 amide bonds. The molecule has 130 valence electrons. The van der Waals surface area contributed by atoms with Crippen LogP contribution in [0.1, 0.15) is 21.8 Å². The molecule has 0 aliphatic rings. The number of hydrogen-bond donors (Lipinski definition) is 0. The lowest BCUT2D eigenvalue weighted by atomic mass is 10.2. The maximum absolute atomic E-state index is 12.7. The van der Waals surface area contributed by atoms with Crippen molar-refractivity contribution in [1.82, 2.24) is 9.55 Å². The molecule has 0 aliphatic heterocycles. The Labute approximate surface area is 149 Å². The van der Waals surface area contributed by atoms with Gasteiger partial charge in [-0.05, 0) is 31.9 Å². The van der Waals surface area contributed by atoms with E-state index in [0.29, 0.717) is 24.2 Å². The van der Waals surface area contributed by atoms with Crippen molar-refractivity contribution >= 4 is 27.5 Å². The summed E-state index contributed by atoms with van der Waals surface area (Å²) < 4.78 is 6.68. The molecule has 0 radical (unpaired) electrons. The highest BCUT2D eigenvalue weighted by atomic mass is 32.1. The summed E-state index contributed by atoms with van der Waals surface area (Å²) >= 11 is 1.51. The van der Waals surface area contributed by atoms with E-state index in [2.05, 4.69) is 4.98 Å². The quantitative estimate of drug-likeness (QED) is 0.659. The Hall–Kier alpha value is -2.47. The normalized spacial score (nSPS) is 11.0. The smallest absolute Gasteiger partial charge is 0.326 e. The molecular formula is C19H20N2O3S. The number of fused-ring (bicyclic) bond motifs is 1. The van der Waals surface area contributed by atoms with E-state index < -0.39 is 5.97 Å². The predicted octanol–water partition coefficient (Wildman–Crippen LogP) is 3.17. The van der Waals surface area contributed by atoms with Crippen LogP contribution in [0.25, 0.3) is 10.2 Å². The zero-order valence-electron chi connectivity index (χ0n) is 14.5. The number of nitrogens with zero attached hydrogens (tertiary/aromatic N) is 2. The maximum Gasteiger partial charge on any atom is 0.326 e. The molecule has 1 aromatic carbocycles.